The maximum atomic E-state index is 2.39. The van der Waals surface area contributed by atoms with E-state index in [0.717, 1.165) is 6.42 Å². The van der Waals surface area contributed by atoms with Crippen molar-refractivity contribution in [3.05, 3.63) is 132 Å². The van der Waals surface area contributed by atoms with Gasteiger partial charge in [0.25, 0.3) is 0 Å². The first-order chi connectivity index (χ1) is 17.3. The molecule has 162 valence electrons. The Labute approximate surface area is 204 Å². The first-order valence-electron chi connectivity index (χ1n) is 12.3. The molecule has 0 unspecified atom stereocenters. The maximum absolute atomic E-state index is 2.39. The summed E-state index contributed by atoms with van der Waals surface area (Å²) in [6.45, 7) is 0. The van der Waals surface area contributed by atoms with Crippen LogP contribution in [0.4, 0.5) is 0 Å². The molecule has 0 bridgehead atoms. The Morgan fingerprint density at radius 2 is 0.800 bits per heavy atom. The number of hydrogen-bond donors (Lipinski definition) is 0. The minimum absolute atomic E-state index is 1.03. The van der Waals surface area contributed by atoms with Gasteiger partial charge >= 0.3 is 0 Å². The Morgan fingerprint density at radius 3 is 1.51 bits per heavy atom. The molecule has 0 amide bonds. The van der Waals surface area contributed by atoms with Crippen LogP contribution >= 0.6 is 0 Å². The van der Waals surface area contributed by atoms with Crippen LogP contribution in [-0.2, 0) is 6.42 Å². The molecule has 0 heteroatoms. The highest BCUT2D eigenvalue weighted by atomic mass is 14.2. The molecule has 7 aromatic carbocycles. The predicted molar refractivity (Wildman–Crippen MR) is 150 cm³/mol. The van der Waals surface area contributed by atoms with Gasteiger partial charge in [0, 0.05) is 0 Å². The third-order valence-corrected chi connectivity index (χ3v) is 7.74. The fourth-order valence-electron chi connectivity index (χ4n) is 5.95. The van der Waals surface area contributed by atoms with Crippen LogP contribution in [0.5, 0.6) is 0 Å². The highest BCUT2D eigenvalue weighted by molar-refractivity contribution is 6.08. The lowest BCUT2D eigenvalue weighted by molar-refractivity contribution is 1.26. The van der Waals surface area contributed by atoms with Gasteiger partial charge in [0.1, 0.15) is 0 Å². The van der Waals surface area contributed by atoms with Crippen molar-refractivity contribution >= 4 is 43.1 Å². The molecule has 7 aromatic rings. The van der Waals surface area contributed by atoms with Crippen LogP contribution in [0, 0.1) is 0 Å². The van der Waals surface area contributed by atoms with Gasteiger partial charge in [-0.05, 0) is 125 Å². The normalized spacial score (nSPS) is 12.5. The third kappa shape index (κ3) is 2.93. The van der Waals surface area contributed by atoms with Crippen molar-refractivity contribution in [1.82, 2.24) is 0 Å². The summed E-state index contributed by atoms with van der Waals surface area (Å²) in [5.41, 5.74) is 8.21. The van der Waals surface area contributed by atoms with Gasteiger partial charge in [0.15, 0.2) is 0 Å². The molecule has 0 saturated carbocycles. The summed E-state index contributed by atoms with van der Waals surface area (Å²) in [7, 11) is 0. The molecule has 0 saturated heterocycles. The molecule has 1 aliphatic carbocycles. The number of benzene rings is 7. The lowest BCUT2D eigenvalue weighted by atomic mass is 9.94. The molecule has 0 aliphatic heterocycles. The van der Waals surface area contributed by atoms with Gasteiger partial charge in [-0.15, -0.1) is 0 Å². The molecule has 1 aliphatic rings. The van der Waals surface area contributed by atoms with E-state index in [1.165, 1.54) is 76.5 Å². The Balaban J connectivity index is 1.26. The molecule has 0 aromatic heterocycles. The second-order valence-electron chi connectivity index (χ2n) is 9.87. The Bertz CT molecular complexity index is 1970. The van der Waals surface area contributed by atoms with Crippen molar-refractivity contribution in [2.24, 2.45) is 0 Å². The van der Waals surface area contributed by atoms with Crippen molar-refractivity contribution < 1.29 is 0 Å². The zero-order chi connectivity index (χ0) is 22.9. The fourth-order valence-corrected chi connectivity index (χ4v) is 5.95. The largest absolute Gasteiger partial charge is 0.0619 e. The van der Waals surface area contributed by atoms with E-state index >= 15 is 0 Å². The molecule has 8 rings (SSSR count). The molecule has 0 spiro atoms. The van der Waals surface area contributed by atoms with Gasteiger partial charge in [-0.25, -0.2) is 0 Å². The third-order valence-electron chi connectivity index (χ3n) is 7.74. The van der Waals surface area contributed by atoms with Crippen molar-refractivity contribution in [3.63, 3.8) is 0 Å². The average Bonchev–Trinajstić information content (AvgIpc) is 3.27. The second-order valence-corrected chi connectivity index (χ2v) is 9.87. The number of fused-ring (bicyclic) bond motifs is 7. The van der Waals surface area contributed by atoms with Crippen molar-refractivity contribution in [2.45, 2.75) is 6.42 Å². The Kier molecular flexibility index (Phi) is 3.81. The van der Waals surface area contributed by atoms with E-state index in [4.69, 9.17) is 0 Å². The van der Waals surface area contributed by atoms with E-state index < -0.39 is 0 Å². The van der Waals surface area contributed by atoms with E-state index in [2.05, 4.69) is 121 Å². The molecular weight excluding hydrogens is 420 g/mol. The first-order valence-corrected chi connectivity index (χ1v) is 12.3. The number of rotatable bonds is 1. The molecule has 35 heavy (non-hydrogen) atoms. The molecule has 0 heterocycles. The van der Waals surface area contributed by atoms with E-state index in [0.29, 0.717) is 0 Å². The van der Waals surface area contributed by atoms with Gasteiger partial charge in [-0.3, -0.25) is 0 Å². The number of hydrogen-bond acceptors (Lipinski definition) is 0. The van der Waals surface area contributed by atoms with Crippen LogP contribution in [-0.4, -0.2) is 0 Å². The fraction of sp³-hybridized carbons (Fsp3) is 0.0286. The summed E-state index contributed by atoms with van der Waals surface area (Å²) in [5, 5.41) is 10.3. The summed E-state index contributed by atoms with van der Waals surface area (Å²) >= 11 is 0. The average molecular weight is 443 g/mol. The summed E-state index contributed by atoms with van der Waals surface area (Å²) in [6, 6.07) is 45.2. The minimum atomic E-state index is 1.03. The van der Waals surface area contributed by atoms with Crippen LogP contribution in [0.2, 0.25) is 0 Å². The Hall–Kier alpha value is -4.42. The van der Waals surface area contributed by atoms with Crippen molar-refractivity contribution in [3.8, 4) is 22.3 Å². The molecule has 0 fully saturated rings. The summed E-state index contributed by atoms with van der Waals surface area (Å²) in [5.74, 6) is 0. The second kappa shape index (κ2) is 7.04. The molecular formula is C35H22. The van der Waals surface area contributed by atoms with E-state index in [9.17, 15) is 0 Å². The monoisotopic (exact) mass is 442 g/mol. The van der Waals surface area contributed by atoms with Crippen LogP contribution in [0.25, 0.3) is 65.3 Å². The predicted octanol–water partition coefficient (Wildman–Crippen LogP) is 9.54. The molecule has 0 radical (unpaired) electrons. The standard InChI is InChI=1S/C35H22/c1-2-6-23-14-30-21-32-19-28-15-24(9-10-26(28)16-31(32)20-29(30)13-22(23)5-1)25-11-12-35-33(17-25)18-27-7-3-4-8-34(27)35/h1-17,19-21H,18H2. The summed E-state index contributed by atoms with van der Waals surface area (Å²) in [6.07, 6.45) is 1.03. The minimum Gasteiger partial charge on any atom is -0.0619 e. The molecule has 0 N–H and O–H groups in total. The summed E-state index contributed by atoms with van der Waals surface area (Å²) in [4.78, 5) is 0. The lowest BCUT2D eigenvalue weighted by Gasteiger charge is -2.10. The van der Waals surface area contributed by atoms with Crippen LogP contribution in [0.3, 0.4) is 0 Å². The van der Waals surface area contributed by atoms with Gasteiger partial charge in [0.05, 0.1) is 0 Å². The van der Waals surface area contributed by atoms with Crippen molar-refractivity contribution in [1.29, 1.82) is 0 Å². The topological polar surface area (TPSA) is 0 Å². The quantitative estimate of drug-likeness (QED) is 0.222. The van der Waals surface area contributed by atoms with E-state index in [-0.39, 0.29) is 0 Å². The van der Waals surface area contributed by atoms with Crippen LogP contribution in [0.1, 0.15) is 11.1 Å². The van der Waals surface area contributed by atoms with E-state index in [1.54, 1.807) is 0 Å². The Morgan fingerprint density at radius 1 is 0.314 bits per heavy atom. The summed E-state index contributed by atoms with van der Waals surface area (Å²) < 4.78 is 0. The van der Waals surface area contributed by atoms with Crippen molar-refractivity contribution in [2.75, 3.05) is 0 Å². The van der Waals surface area contributed by atoms with Crippen LogP contribution in [0.15, 0.2) is 121 Å². The lowest BCUT2D eigenvalue weighted by Crippen LogP contribution is -1.85. The zero-order valence-corrected chi connectivity index (χ0v) is 19.3. The van der Waals surface area contributed by atoms with Gasteiger partial charge in [-0.1, -0.05) is 78.9 Å². The highest BCUT2D eigenvalue weighted by Crippen LogP contribution is 2.39. The molecule has 0 nitrogen and oxygen atoms in total. The SMILES string of the molecule is c1ccc2c(c1)Cc1cc(-c3ccc4cc5cc6cc7ccccc7cc6cc5cc4c3)ccc1-2. The molecule has 0 atom stereocenters. The van der Waals surface area contributed by atoms with Gasteiger partial charge in [-0.2, -0.15) is 0 Å². The van der Waals surface area contributed by atoms with E-state index in [1.807, 2.05) is 0 Å². The van der Waals surface area contributed by atoms with Gasteiger partial charge < -0.3 is 0 Å². The van der Waals surface area contributed by atoms with Crippen LogP contribution < -0.4 is 0 Å². The zero-order valence-electron chi connectivity index (χ0n) is 19.3. The smallest absolute Gasteiger partial charge is 0.00132 e. The first kappa shape index (κ1) is 18.9. The highest BCUT2D eigenvalue weighted by Gasteiger charge is 2.18. The maximum Gasteiger partial charge on any atom is -0.00132 e. The van der Waals surface area contributed by atoms with Gasteiger partial charge in [0.2, 0.25) is 0 Å².